The summed E-state index contributed by atoms with van der Waals surface area (Å²) in [6, 6.07) is 14.3. The minimum absolute atomic E-state index is 0.0978. The van der Waals surface area contributed by atoms with Gasteiger partial charge in [0.1, 0.15) is 5.82 Å². The number of aromatic nitrogens is 2. The molecule has 0 spiro atoms. The second-order valence-electron chi connectivity index (χ2n) is 4.30. The lowest BCUT2D eigenvalue weighted by atomic mass is 10.1. The second kappa shape index (κ2) is 4.18. The molecule has 1 heterocycles. The number of rotatable bonds is 2. The number of imidazole rings is 1. The van der Waals surface area contributed by atoms with E-state index in [1.54, 1.807) is 0 Å². The molecule has 3 heteroatoms. The number of aryl methyl sites for hydroxylation is 1. The highest BCUT2D eigenvalue weighted by atomic mass is 16.3. The molecule has 0 unspecified atom stereocenters. The second-order valence-corrected chi connectivity index (χ2v) is 4.30. The molecule has 0 radical (unpaired) electrons. The van der Waals surface area contributed by atoms with E-state index < -0.39 is 0 Å². The van der Waals surface area contributed by atoms with Crippen molar-refractivity contribution in [3.63, 3.8) is 0 Å². The van der Waals surface area contributed by atoms with Crippen molar-refractivity contribution in [1.29, 1.82) is 0 Å². The Labute approximate surface area is 105 Å². The summed E-state index contributed by atoms with van der Waals surface area (Å²) in [7, 11) is 0. The van der Waals surface area contributed by atoms with Crippen molar-refractivity contribution in [2.75, 3.05) is 0 Å². The molecule has 0 aliphatic heterocycles. The van der Waals surface area contributed by atoms with Crippen LogP contribution in [0.1, 0.15) is 12.6 Å². The molecule has 0 fully saturated rings. The van der Waals surface area contributed by atoms with Crippen LogP contribution in [0.2, 0.25) is 0 Å². The first-order valence-electron chi connectivity index (χ1n) is 6.05. The number of nitrogens with zero attached hydrogens (tertiary/aromatic N) is 1. The van der Waals surface area contributed by atoms with Gasteiger partial charge >= 0.3 is 0 Å². The Morgan fingerprint density at radius 2 is 1.89 bits per heavy atom. The summed E-state index contributed by atoms with van der Waals surface area (Å²) >= 11 is 0. The highest BCUT2D eigenvalue weighted by molar-refractivity contribution is 5.86. The van der Waals surface area contributed by atoms with Crippen LogP contribution in [0.15, 0.2) is 42.5 Å². The Morgan fingerprint density at radius 3 is 2.61 bits per heavy atom. The number of hydrogen-bond acceptors (Lipinski definition) is 2. The van der Waals surface area contributed by atoms with Gasteiger partial charge in [-0.1, -0.05) is 43.3 Å². The Bertz CT molecular complexity index is 701. The van der Waals surface area contributed by atoms with Gasteiger partial charge in [0.2, 0.25) is 5.88 Å². The number of nitrogens with one attached hydrogen (secondary N) is 1. The standard InChI is InChI=1S/C15H14N2O/c1-2-13-15(18)17-14(16-13)12-8-7-10-5-3-4-6-11(10)9-12/h3-9,18H,2H2,1H3,(H,16,17). The van der Waals surface area contributed by atoms with E-state index in [2.05, 4.69) is 34.2 Å². The molecular formula is C15H14N2O. The number of fused-ring (bicyclic) bond motifs is 1. The Hall–Kier alpha value is -2.29. The largest absolute Gasteiger partial charge is 0.492 e. The molecule has 2 aromatic carbocycles. The first-order valence-corrected chi connectivity index (χ1v) is 6.05. The van der Waals surface area contributed by atoms with E-state index in [4.69, 9.17) is 0 Å². The van der Waals surface area contributed by atoms with Gasteiger partial charge in [-0.15, -0.1) is 0 Å². The van der Waals surface area contributed by atoms with Gasteiger partial charge in [-0.05, 0) is 23.3 Å². The van der Waals surface area contributed by atoms with E-state index in [9.17, 15) is 5.11 Å². The van der Waals surface area contributed by atoms with Crippen molar-refractivity contribution in [3.05, 3.63) is 48.2 Å². The van der Waals surface area contributed by atoms with Gasteiger partial charge in [-0.3, -0.25) is 0 Å². The smallest absolute Gasteiger partial charge is 0.232 e. The van der Waals surface area contributed by atoms with E-state index in [0.29, 0.717) is 0 Å². The van der Waals surface area contributed by atoms with Crippen LogP contribution in [0.3, 0.4) is 0 Å². The summed E-state index contributed by atoms with van der Waals surface area (Å²) in [5.41, 5.74) is 1.77. The molecule has 3 rings (SSSR count). The first-order chi connectivity index (χ1) is 8.78. The van der Waals surface area contributed by atoms with Crippen LogP contribution < -0.4 is 0 Å². The molecule has 0 amide bonds. The van der Waals surface area contributed by atoms with Crippen molar-refractivity contribution in [1.82, 2.24) is 9.97 Å². The van der Waals surface area contributed by atoms with Crippen molar-refractivity contribution in [2.45, 2.75) is 13.3 Å². The first kappa shape index (κ1) is 10.8. The summed E-state index contributed by atoms with van der Waals surface area (Å²) in [6.45, 7) is 1.98. The van der Waals surface area contributed by atoms with Gasteiger partial charge in [0, 0.05) is 5.56 Å². The normalized spacial score (nSPS) is 10.9. The van der Waals surface area contributed by atoms with Gasteiger partial charge in [-0.25, -0.2) is 0 Å². The lowest BCUT2D eigenvalue weighted by Gasteiger charge is -2.00. The van der Waals surface area contributed by atoms with E-state index in [-0.39, 0.29) is 5.88 Å². The highest BCUT2D eigenvalue weighted by Gasteiger charge is 2.09. The SMILES string of the molecule is CCc1[nH]c(-c2ccc3ccccc3c2)nc1O. The molecule has 0 aliphatic carbocycles. The van der Waals surface area contributed by atoms with E-state index in [1.807, 2.05) is 25.1 Å². The molecule has 0 bridgehead atoms. The van der Waals surface area contributed by atoms with Gasteiger partial charge < -0.3 is 10.1 Å². The lowest BCUT2D eigenvalue weighted by molar-refractivity contribution is 0.450. The fourth-order valence-corrected chi connectivity index (χ4v) is 2.12. The van der Waals surface area contributed by atoms with E-state index in [0.717, 1.165) is 23.5 Å². The lowest BCUT2D eigenvalue weighted by Crippen LogP contribution is -1.82. The molecule has 0 saturated heterocycles. The minimum Gasteiger partial charge on any atom is -0.492 e. The number of aromatic hydroxyl groups is 1. The van der Waals surface area contributed by atoms with Crippen LogP contribution in [-0.4, -0.2) is 15.1 Å². The highest BCUT2D eigenvalue weighted by Crippen LogP contribution is 2.25. The van der Waals surface area contributed by atoms with Crippen LogP contribution in [0.5, 0.6) is 5.88 Å². The average molecular weight is 238 g/mol. The summed E-state index contributed by atoms with van der Waals surface area (Å²) < 4.78 is 0. The summed E-state index contributed by atoms with van der Waals surface area (Å²) in [5.74, 6) is 0.816. The van der Waals surface area contributed by atoms with Gasteiger partial charge in [-0.2, -0.15) is 4.98 Å². The molecule has 0 atom stereocenters. The molecule has 3 aromatic rings. The molecule has 18 heavy (non-hydrogen) atoms. The van der Waals surface area contributed by atoms with Gasteiger partial charge in [0.15, 0.2) is 0 Å². The van der Waals surface area contributed by atoms with Crippen molar-refractivity contribution < 1.29 is 5.11 Å². The zero-order chi connectivity index (χ0) is 12.5. The monoisotopic (exact) mass is 238 g/mol. The molecule has 90 valence electrons. The predicted molar refractivity (Wildman–Crippen MR) is 72.6 cm³/mol. The molecule has 1 aromatic heterocycles. The maximum absolute atomic E-state index is 9.66. The van der Waals surface area contributed by atoms with Crippen molar-refractivity contribution in [2.24, 2.45) is 0 Å². The molecule has 3 nitrogen and oxygen atoms in total. The average Bonchev–Trinajstić information content (AvgIpc) is 2.79. The van der Waals surface area contributed by atoms with Crippen LogP contribution in [0.4, 0.5) is 0 Å². The third-order valence-electron chi connectivity index (χ3n) is 3.13. The Morgan fingerprint density at radius 1 is 1.11 bits per heavy atom. The predicted octanol–water partition coefficient (Wildman–Crippen LogP) is 3.50. The summed E-state index contributed by atoms with van der Waals surface area (Å²) in [5, 5.41) is 12.0. The fourth-order valence-electron chi connectivity index (χ4n) is 2.12. The quantitative estimate of drug-likeness (QED) is 0.717. The van der Waals surface area contributed by atoms with E-state index in [1.165, 1.54) is 10.8 Å². The Kier molecular flexibility index (Phi) is 2.52. The van der Waals surface area contributed by atoms with Crippen LogP contribution in [0.25, 0.3) is 22.2 Å². The summed E-state index contributed by atoms with van der Waals surface area (Å²) in [4.78, 5) is 7.31. The zero-order valence-corrected chi connectivity index (χ0v) is 10.1. The summed E-state index contributed by atoms with van der Waals surface area (Å²) in [6.07, 6.45) is 0.742. The molecule has 0 aliphatic rings. The third kappa shape index (κ3) is 1.74. The molecular weight excluding hydrogens is 224 g/mol. The van der Waals surface area contributed by atoms with Crippen LogP contribution in [-0.2, 0) is 6.42 Å². The maximum Gasteiger partial charge on any atom is 0.232 e. The van der Waals surface area contributed by atoms with Gasteiger partial charge in [0.25, 0.3) is 0 Å². The fraction of sp³-hybridized carbons (Fsp3) is 0.133. The van der Waals surface area contributed by atoms with Crippen LogP contribution >= 0.6 is 0 Å². The molecule has 2 N–H and O–H groups in total. The zero-order valence-electron chi connectivity index (χ0n) is 10.1. The van der Waals surface area contributed by atoms with Crippen LogP contribution in [0, 0.1) is 0 Å². The number of aromatic amines is 1. The topological polar surface area (TPSA) is 48.9 Å². The third-order valence-corrected chi connectivity index (χ3v) is 3.13. The van der Waals surface area contributed by atoms with Gasteiger partial charge in [0.05, 0.1) is 5.69 Å². The maximum atomic E-state index is 9.66. The number of benzene rings is 2. The van der Waals surface area contributed by atoms with E-state index >= 15 is 0 Å². The number of hydrogen-bond donors (Lipinski definition) is 2. The number of H-pyrrole nitrogens is 1. The van der Waals surface area contributed by atoms with Crippen molar-refractivity contribution >= 4 is 10.8 Å². The van der Waals surface area contributed by atoms with Crippen molar-refractivity contribution in [3.8, 4) is 17.3 Å². The Balaban J connectivity index is 2.13. The minimum atomic E-state index is 0.0978. The molecule has 0 saturated carbocycles.